The summed E-state index contributed by atoms with van der Waals surface area (Å²) in [7, 11) is 0. The van der Waals surface area contributed by atoms with Crippen molar-refractivity contribution in [2.75, 3.05) is 10.7 Å². The maximum atomic E-state index is 3.63. The predicted octanol–water partition coefficient (Wildman–Crippen LogP) is 4.36. The summed E-state index contributed by atoms with van der Waals surface area (Å²) in [6, 6.07) is 0. The molecule has 1 atom stereocenters. The first-order valence-corrected chi connectivity index (χ1v) is 7.24. The molecule has 12 heavy (non-hydrogen) atoms. The van der Waals surface area contributed by atoms with Gasteiger partial charge in [-0.05, 0) is 18.3 Å². The lowest BCUT2D eigenvalue weighted by Crippen LogP contribution is -2.19. The minimum absolute atomic E-state index is 0.921. The summed E-state index contributed by atoms with van der Waals surface area (Å²) in [6.45, 7) is 0. The molecule has 0 spiro atoms. The topological polar surface area (TPSA) is 0 Å². The van der Waals surface area contributed by atoms with E-state index in [2.05, 4.69) is 31.9 Å². The van der Waals surface area contributed by atoms with Gasteiger partial charge in [0.25, 0.3) is 0 Å². The Bertz CT molecular complexity index is 106. The van der Waals surface area contributed by atoms with Crippen LogP contribution in [0.2, 0.25) is 0 Å². The predicted molar refractivity (Wildman–Crippen MR) is 62.3 cm³/mol. The van der Waals surface area contributed by atoms with E-state index in [-0.39, 0.29) is 0 Å². The molecular formula is C10H18Br2. The van der Waals surface area contributed by atoms with Gasteiger partial charge >= 0.3 is 0 Å². The number of hydrogen-bond donors (Lipinski definition) is 0. The molecule has 0 aliphatic heterocycles. The van der Waals surface area contributed by atoms with Gasteiger partial charge in [-0.3, -0.25) is 0 Å². The summed E-state index contributed by atoms with van der Waals surface area (Å²) in [4.78, 5) is 0. The van der Waals surface area contributed by atoms with E-state index in [4.69, 9.17) is 0 Å². The Morgan fingerprint density at radius 3 is 2.25 bits per heavy atom. The Morgan fingerprint density at radius 2 is 1.75 bits per heavy atom. The highest BCUT2D eigenvalue weighted by Crippen LogP contribution is 2.32. The highest BCUT2D eigenvalue weighted by molar-refractivity contribution is 9.09. The molecule has 1 aliphatic rings. The number of halogens is 2. The molecule has 0 bridgehead atoms. The van der Waals surface area contributed by atoms with E-state index >= 15 is 0 Å². The van der Waals surface area contributed by atoms with Crippen LogP contribution in [0, 0.1) is 11.8 Å². The molecule has 0 aromatic heterocycles. The molecule has 1 unspecified atom stereocenters. The third-order valence-corrected chi connectivity index (χ3v) is 4.28. The van der Waals surface area contributed by atoms with E-state index in [0.29, 0.717) is 0 Å². The van der Waals surface area contributed by atoms with E-state index in [0.717, 1.165) is 11.8 Å². The molecule has 0 amide bonds. The van der Waals surface area contributed by atoms with Crippen molar-refractivity contribution in [2.24, 2.45) is 11.8 Å². The van der Waals surface area contributed by atoms with Crippen molar-refractivity contribution in [3.8, 4) is 0 Å². The molecule has 72 valence electrons. The average molecular weight is 298 g/mol. The fraction of sp³-hybridized carbons (Fsp3) is 1.00. The quantitative estimate of drug-likeness (QED) is 0.676. The Hall–Kier alpha value is 0.960. The zero-order valence-electron chi connectivity index (χ0n) is 7.57. The van der Waals surface area contributed by atoms with Gasteiger partial charge in [-0.25, -0.2) is 0 Å². The SMILES string of the molecule is BrCCC(CBr)C1CCCCC1. The Morgan fingerprint density at radius 1 is 1.08 bits per heavy atom. The molecule has 0 N–H and O–H groups in total. The van der Waals surface area contributed by atoms with E-state index < -0.39 is 0 Å². The zero-order chi connectivity index (χ0) is 8.81. The van der Waals surface area contributed by atoms with E-state index in [1.165, 1.54) is 49.2 Å². The largest absolute Gasteiger partial charge is 0.0928 e. The van der Waals surface area contributed by atoms with Crippen molar-refractivity contribution >= 4 is 31.9 Å². The fourth-order valence-corrected chi connectivity index (χ4v) is 3.63. The van der Waals surface area contributed by atoms with Crippen LogP contribution in [0.3, 0.4) is 0 Å². The van der Waals surface area contributed by atoms with Crippen LogP contribution in [0.1, 0.15) is 38.5 Å². The first-order chi connectivity index (χ1) is 5.88. The molecule has 0 aromatic rings. The highest BCUT2D eigenvalue weighted by atomic mass is 79.9. The summed E-state index contributed by atoms with van der Waals surface area (Å²) in [5.41, 5.74) is 0. The minimum Gasteiger partial charge on any atom is -0.0928 e. The third-order valence-electron chi connectivity index (χ3n) is 2.99. The highest BCUT2D eigenvalue weighted by Gasteiger charge is 2.21. The van der Waals surface area contributed by atoms with Gasteiger partial charge in [0.2, 0.25) is 0 Å². The van der Waals surface area contributed by atoms with Gasteiger partial charge in [0.15, 0.2) is 0 Å². The van der Waals surface area contributed by atoms with Gasteiger partial charge in [-0.1, -0.05) is 64.0 Å². The summed E-state index contributed by atoms with van der Waals surface area (Å²) in [6.07, 6.45) is 8.70. The van der Waals surface area contributed by atoms with Crippen LogP contribution >= 0.6 is 31.9 Å². The van der Waals surface area contributed by atoms with Gasteiger partial charge in [0.1, 0.15) is 0 Å². The second-order valence-electron chi connectivity index (χ2n) is 3.79. The number of rotatable bonds is 4. The van der Waals surface area contributed by atoms with Crippen LogP contribution in [0.4, 0.5) is 0 Å². The summed E-state index contributed by atoms with van der Waals surface area (Å²) in [5, 5.41) is 2.36. The lowest BCUT2D eigenvalue weighted by atomic mass is 9.80. The summed E-state index contributed by atoms with van der Waals surface area (Å²) in [5.74, 6) is 1.93. The average Bonchev–Trinajstić information content (AvgIpc) is 2.15. The standard InChI is InChI=1S/C10H18Br2/c11-7-6-10(8-12)9-4-2-1-3-5-9/h9-10H,1-8H2. The molecule has 0 saturated heterocycles. The first kappa shape index (κ1) is 11.0. The molecular weight excluding hydrogens is 280 g/mol. The Labute approximate surface area is 92.8 Å². The zero-order valence-corrected chi connectivity index (χ0v) is 10.7. The van der Waals surface area contributed by atoms with Crippen molar-refractivity contribution in [3.05, 3.63) is 0 Å². The lowest BCUT2D eigenvalue weighted by molar-refractivity contribution is 0.264. The molecule has 1 rings (SSSR count). The van der Waals surface area contributed by atoms with E-state index in [1.54, 1.807) is 0 Å². The number of hydrogen-bond acceptors (Lipinski definition) is 0. The van der Waals surface area contributed by atoms with E-state index in [9.17, 15) is 0 Å². The monoisotopic (exact) mass is 296 g/mol. The maximum absolute atomic E-state index is 3.63. The normalized spacial score (nSPS) is 22.5. The van der Waals surface area contributed by atoms with Crippen molar-refractivity contribution in [1.29, 1.82) is 0 Å². The molecule has 0 heterocycles. The summed E-state index contributed by atoms with van der Waals surface area (Å²) >= 11 is 7.17. The fourth-order valence-electron chi connectivity index (χ4n) is 2.18. The molecule has 0 aromatic carbocycles. The molecule has 1 saturated carbocycles. The van der Waals surface area contributed by atoms with Crippen molar-refractivity contribution in [1.82, 2.24) is 0 Å². The van der Waals surface area contributed by atoms with Crippen molar-refractivity contribution in [3.63, 3.8) is 0 Å². The molecule has 0 radical (unpaired) electrons. The van der Waals surface area contributed by atoms with Crippen LogP contribution in [-0.4, -0.2) is 10.7 Å². The van der Waals surface area contributed by atoms with E-state index in [1.807, 2.05) is 0 Å². The van der Waals surface area contributed by atoms with Gasteiger partial charge in [0.05, 0.1) is 0 Å². The third kappa shape index (κ3) is 3.37. The minimum atomic E-state index is 0.921. The Kier molecular flexibility index (Phi) is 5.90. The smallest absolute Gasteiger partial charge is 0.00626 e. The van der Waals surface area contributed by atoms with Gasteiger partial charge in [-0.2, -0.15) is 0 Å². The lowest BCUT2D eigenvalue weighted by Gasteiger charge is -2.28. The molecule has 1 aliphatic carbocycles. The molecule has 0 nitrogen and oxygen atoms in total. The second-order valence-corrected chi connectivity index (χ2v) is 5.23. The van der Waals surface area contributed by atoms with Crippen LogP contribution in [0.5, 0.6) is 0 Å². The van der Waals surface area contributed by atoms with Gasteiger partial charge in [0, 0.05) is 10.7 Å². The maximum Gasteiger partial charge on any atom is 0.00626 e. The van der Waals surface area contributed by atoms with Crippen molar-refractivity contribution < 1.29 is 0 Å². The molecule has 1 fully saturated rings. The van der Waals surface area contributed by atoms with Crippen LogP contribution < -0.4 is 0 Å². The number of alkyl halides is 2. The van der Waals surface area contributed by atoms with Crippen LogP contribution in [0.25, 0.3) is 0 Å². The van der Waals surface area contributed by atoms with Crippen LogP contribution in [-0.2, 0) is 0 Å². The Balaban J connectivity index is 2.29. The second kappa shape index (κ2) is 6.42. The van der Waals surface area contributed by atoms with Crippen LogP contribution in [0.15, 0.2) is 0 Å². The first-order valence-electron chi connectivity index (χ1n) is 5.00. The van der Waals surface area contributed by atoms with Crippen molar-refractivity contribution in [2.45, 2.75) is 38.5 Å². The van der Waals surface area contributed by atoms with Gasteiger partial charge < -0.3 is 0 Å². The van der Waals surface area contributed by atoms with Gasteiger partial charge in [-0.15, -0.1) is 0 Å². The summed E-state index contributed by atoms with van der Waals surface area (Å²) < 4.78 is 0. The molecule has 2 heteroatoms.